The summed E-state index contributed by atoms with van der Waals surface area (Å²) in [4.78, 5) is 11.0. The Bertz CT molecular complexity index is 140. The Balaban J connectivity index is 3.44. The number of ether oxygens (including phenoxy) is 1. The summed E-state index contributed by atoms with van der Waals surface area (Å²) < 4.78 is 4.75. The predicted octanol–water partition coefficient (Wildman–Crippen LogP) is -0.124. The summed E-state index contributed by atoms with van der Waals surface area (Å²) in [5.41, 5.74) is 5.32. The zero-order valence-electron chi connectivity index (χ0n) is 8.02. The molecule has 12 heavy (non-hydrogen) atoms. The Morgan fingerprint density at radius 1 is 1.58 bits per heavy atom. The van der Waals surface area contributed by atoms with E-state index in [1.54, 1.807) is 7.11 Å². The normalized spacial score (nSPS) is 11.3. The molecule has 0 aromatic rings. The van der Waals surface area contributed by atoms with Gasteiger partial charge in [-0.25, -0.2) is 0 Å². The minimum absolute atomic E-state index is 0.0182. The molecular formula is C8H18N2O2. The maximum absolute atomic E-state index is 11.0. The number of carbonyl (C=O) groups is 1. The van der Waals surface area contributed by atoms with Gasteiger partial charge in [-0.2, -0.15) is 0 Å². The molecule has 0 aromatic carbocycles. The van der Waals surface area contributed by atoms with Gasteiger partial charge in [-0.3, -0.25) is 4.79 Å². The predicted molar refractivity (Wildman–Crippen MR) is 47.8 cm³/mol. The lowest BCUT2D eigenvalue weighted by atomic mass is 10.1. The van der Waals surface area contributed by atoms with E-state index in [2.05, 4.69) is 5.32 Å². The summed E-state index contributed by atoms with van der Waals surface area (Å²) >= 11 is 0. The van der Waals surface area contributed by atoms with E-state index in [1.165, 1.54) is 0 Å². The van der Waals surface area contributed by atoms with Crippen molar-refractivity contribution < 1.29 is 9.53 Å². The summed E-state index contributed by atoms with van der Waals surface area (Å²) in [6.45, 7) is 4.68. The first kappa shape index (κ1) is 11.4. The quantitative estimate of drug-likeness (QED) is 0.610. The average Bonchev–Trinajstić information content (AvgIpc) is 1.95. The highest BCUT2D eigenvalue weighted by Crippen LogP contribution is 1.92. The minimum Gasteiger partial charge on any atom is -0.384 e. The van der Waals surface area contributed by atoms with E-state index in [0.717, 1.165) is 0 Å². The standard InChI is InChI=1S/C8H18N2O2/c1-8(2,9)6-10-7(11)4-5-12-3/h4-6,9H2,1-3H3,(H,10,11). The molecule has 0 aliphatic rings. The molecule has 0 aliphatic carbocycles. The molecule has 4 heteroatoms. The highest BCUT2D eigenvalue weighted by molar-refractivity contribution is 5.76. The van der Waals surface area contributed by atoms with Gasteiger partial charge in [0.15, 0.2) is 0 Å². The molecule has 0 atom stereocenters. The van der Waals surface area contributed by atoms with Crippen molar-refractivity contribution >= 4 is 5.91 Å². The monoisotopic (exact) mass is 174 g/mol. The Hall–Kier alpha value is -0.610. The molecule has 0 heterocycles. The third-order valence-electron chi connectivity index (χ3n) is 1.27. The van der Waals surface area contributed by atoms with Gasteiger partial charge in [0.05, 0.1) is 6.61 Å². The van der Waals surface area contributed by atoms with Crippen LogP contribution >= 0.6 is 0 Å². The van der Waals surface area contributed by atoms with Crippen molar-refractivity contribution in [2.24, 2.45) is 5.73 Å². The summed E-state index contributed by atoms with van der Waals surface area (Å²) in [5, 5.41) is 2.71. The van der Waals surface area contributed by atoms with Crippen molar-refractivity contribution in [1.29, 1.82) is 0 Å². The molecule has 0 fully saturated rings. The Morgan fingerprint density at radius 2 is 2.17 bits per heavy atom. The third-order valence-corrected chi connectivity index (χ3v) is 1.27. The summed E-state index contributed by atoms with van der Waals surface area (Å²) in [7, 11) is 1.57. The van der Waals surface area contributed by atoms with Gasteiger partial charge < -0.3 is 15.8 Å². The number of nitrogens with one attached hydrogen (secondary N) is 1. The van der Waals surface area contributed by atoms with Crippen LogP contribution in [0.1, 0.15) is 20.3 Å². The van der Waals surface area contributed by atoms with Gasteiger partial charge in [0.2, 0.25) is 5.91 Å². The number of carbonyl (C=O) groups excluding carboxylic acids is 1. The molecular weight excluding hydrogens is 156 g/mol. The smallest absolute Gasteiger partial charge is 0.222 e. The first-order valence-corrected chi connectivity index (χ1v) is 4.00. The highest BCUT2D eigenvalue weighted by atomic mass is 16.5. The zero-order chi connectivity index (χ0) is 9.61. The fourth-order valence-corrected chi connectivity index (χ4v) is 0.610. The molecule has 0 unspecified atom stereocenters. The van der Waals surface area contributed by atoms with Crippen LogP contribution in [0.2, 0.25) is 0 Å². The molecule has 3 N–H and O–H groups in total. The third kappa shape index (κ3) is 7.50. The van der Waals surface area contributed by atoms with E-state index in [1.807, 2.05) is 13.8 Å². The van der Waals surface area contributed by atoms with E-state index in [9.17, 15) is 4.79 Å². The van der Waals surface area contributed by atoms with Crippen LogP contribution in [-0.2, 0) is 9.53 Å². The van der Waals surface area contributed by atoms with Gasteiger partial charge in [0, 0.05) is 25.6 Å². The average molecular weight is 174 g/mol. The van der Waals surface area contributed by atoms with Crippen LogP contribution in [0.5, 0.6) is 0 Å². The van der Waals surface area contributed by atoms with E-state index < -0.39 is 0 Å². The molecule has 1 amide bonds. The van der Waals surface area contributed by atoms with Crippen molar-refractivity contribution in [3.05, 3.63) is 0 Å². The number of hydrogen-bond donors (Lipinski definition) is 2. The highest BCUT2D eigenvalue weighted by Gasteiger charge is 2.11. The van der Waals surface area contributed by atoms with Crippen LogP contribution in [0.15, 0.2) is 0 Å². The fraction of sp³-hybridized carbons (Fsp3) is 0.875. The van der Waals surface area contributed by atoms with Crippen LogP contribution in [0.3, 0.4) is 0 Å². The lowest BCUT2D eigenvalue weighted by Crippen LogP contribution is -2.45. The summed E-state index contributed by atoms with van der Waals surface area (Å²) in [6, 6.07) is 0. The number of methoxy groups -OCH3 is 1. The minimum atomic E-state index is -0.345. The molecule has 4 nitrogen and oxygen atoms in total. The summed E-state index contributed by atoms with van der Waals surface area (Å²) in [5.74, 6) is -0.0182. The molecule has 0 aliphatic heterocycles. The fourth-order valence-electron chi connectivity index (χ4n) is 0.610. The maximum atomic E-state index is 11.0. The second-order valence-corrected chi connectivity index (χ2v) is 3.51. The molecule has 0 saturated carbocycles. The van der Waals surface area contributed by atoms with Crippen LogP contribution < -0.4 is 11.1 Å². The van der Waals surface area contributed by atoms with Gasteiger partial charge in [-0.1, -0.05) is 0 Å². The molecule has 0 aromatic heterocycles. The van der Waals surface area contributed by atoms with Crippen LogP contribution in [0, 0.1) is 0 Å². The second-order valence-electron chi connectivity index (χ2n) is 3.51. The molecule has 0 bridgehead atoms. The largest absolute Gasteiger partial charge is 0.384 e. The van der Waals surface area contributed by atoms with Crippen LogP contribution in [0.25, 0.3) is 0 Å². The summed E-state index contributed by atoms with van der Waals surface area (Å²) in [6.07, 6.45) is 0.395. The number of amides is 1. The van der Waals surface area contributed by atoms with Crippen molar-refractivity contribution in [1.82, 2.24) is 5.32 Å². The Labute approximate surface area is 73.5 Å². The zero-order valence-corrected chi connectivity index (χ0v) is 8.02. The number of nitrogens with two attached hydrogens (primary N) is 1. The van der Waals surface area contributed by atoms with Crippen molar-refractivity contribution in [2.45, 2.75) is 25.8 Å². The Morgan fingerprint density at radius 3 is 2.58 bits per heavy atom. The van der Waals surface area contributed by atoms with Crippen LogP contribution in [-0.4, -0.2) is 31.7 Å². The maximum Gasteiger partial charge on any atom is 0.222 e. The SMILES string of the molecule is COCCC(=O)NCC(C)(C)N. The van der Waals surface area contributed by atoms with E-state index in [4.69, 9.17) is 10.5 Å². The van der Waals surface area contributed by atoms with Crippen molar-refractivity contribution in [2.75, 3.05) is 20.3 Å². The lowest BCUT2D eigenvalue weighted by Gasteiger charge is -2.18. The van der Waals surface area contributed by atoms with Crippen molar-refractivity contribution in [3.8, 4) is 0 Å². The van der Waals surface area contributed by atoms with Crippen molar-refractivity contribution in [3.63, 3.8) is 0 Å². The molecule has 0 saturated heterocycles. The van der Waals surface area contributed by atoms with Gasteiger partial charge in [0.1, 0.15) is 0 Å². The van der Waals surface area contributed by atoms with Gasteiger partial charge in [0.25, 0.3) is 0 Å². The molecule has 72 valence electrons. The van der Waals surface area contributed by atoms with Crippen LogP contribution in [0.4, 0.5) is 0 Å². The lowest BCUT2D eigenvalue weighted by molar-refractivity contribution is -0.122. The molecule has 0 spiro atoms. The number of rotatable bonds is 5. The Kier molecular flexibility index (Phi) is 4.85. The van der Waals surface area contributed by atoms with Gasteiger partial charge in [-0.05, 0) is 13.8 Å². The van der Waals surface area contributed by atoms with Gasteiger partial charge in [-0.15, -0.1) is 0 Å². The first-order valence-electron chi connectivity index (χ1n) is 4.00. The topological polar surface area (TPSA) is 64.3 Å². The van der Waals surface area contributed by atoms with E-state index >= 15 is 0 Å². The van der Waals surface area contributed by atoms with Gasteiger partial charge >= 0.3 is 0 Å². The number of hydrogen-bond acceptors (Lipinski definition) is 3. The first-order chi connectivity index (χ1) is 5.45. The second kappa shape index (κ2) is 5.11. The molecule has 0 rings (SSSR count). The molecule has 0 radical (unpaired) electrons. The van der Waals surface area contributed by atoms with E-state index in [0.29, 0.717) is 19.6 Å². The van der Waals surface area contributed by atoms with E-state index in [-0.39, 0.29) is 11.4 Å².